The summed E-state index contributed by atoms with van der Waals surface area (Å²) in [5, 5.41) is 20.0. The van der Waals surface area contributed by atoms with E-state index in [1.165, 1.54) is 0 Å². The normalized spacial score (nSPS) is 12.6. The number of hydrogen-bond acceptors (Lipinski definition) is 7. The molecule has 0 spiro atoms. The van der Waals surface area contributed by atoms with Gasteiger partial charge in [-0.1, -0.05) is 5.16 Å². The van der Waals surface area contributed by atoms with Gasteiger partial charge in [-0.15, -0.1) is 0 Å². The Balaban J connectivity index is 2.08. The SMILES string of the molecule is CNC(C[N+](=O)[O-])NCCSCc1cc(Br)no1. The number of nitro groups is 1. The second-order valence-corrected chi connectivity index (χ2v) is 5.40. The maximum Gasteiger partial charge on any atom is 0.231 e. The summed E-state index contributed by atoms with van der Waals surface area (Å²) in [6.07, 6.45) is -0.292. The number of likely N-dealkylation sites (N-methyl/N-ethyl adjacent to an activating group) is 1. The van der Waals surface area contributed by atoms with Crippen LogP contribution in [0, 0.1) is 10.1 Å². The predicted molar refractivity (Wildman–Crippen MR) is 73.1 cm³/mol. The van der Waals surface area contributed by atoms with Gasteiger partial charge in [-0.2, -0.15) is 11.8 Å². The standard InChI is InChI=1S/C9H15BrN4O3S/c1-11-9(5-14(15)16)12-2-3-18-6-7-4-8(10)13-17-7/h4,9,11-12H,2-3,5-6H2,1H3. The number of rotatable bonds is 9. The molecule has 1 atom stereocenters. The summed E-state index contributed by atoms with van der Waals surface area (Å²) in [7, 11) is 1.69. The van der Waals surface area contributed by atoms with Gasteiger partial charge in [0.15, 0.2) is 0 Å². The fraction of sp³-hybridized carbons (Fsp3) is 0.667. The maximum absolute atomic E-state index is 10.3. The molecule has 7 nitrogen and oxygen atoms in total. The van der Waals surface area contributed by atoms with Crippen LogP contribution in [0.25, 0.3) is 0 Å². The highest BCUT2D eigenvalue weighted by atomic mass is 79.9. The minimum atomic E-state index is -0.340. The number of nitrogens with one attached hydrogen (secondary N) is 2. The molecule has 1 aromatic rings. The molecule has 2 N–H and O–H groups in total. The second kappa shape index (κ2) is 8.46. The molecule has 0 aliphatic heterocycles. The molecule has 1 heterocycles. The predicted octanol–water partition coefficient (Wildman–Crippen LogP) is 1.08. The molecular weight excluding hydrogens is 324 g/mol. The lowest BCUT2D eigenvalue weighted by Crippen LogP contribution is -2.46. The third kappa shape index (κ3) is 6.34. The van der Waals surface area contributed by atoms with Crippen molar-refractivity contribution in [3.63, 3.8) is 0 Å². The van der Waals surface area contributed by atoms with Gasteiger partial charge in [-0.05, 0) is 23.0 Å². The quantitative estimate of drug-likeness (QED) is 0.301. The lowest BCUT2D eigenvalue weighted by molar-refractivity contribution is -0.484. The summed E-state index contributed by atoms with van der Waals surface area (Å²) in [6, 6.07) is 1.82. The Morgan fingerprint density at radius 3 is 3.06 bits per heavy atom. The van der Waals surface area contributed by atoms with Gasteiger partial charge in [0, 0.05) is 23.3 Å². The van der Waals surface area contributed by atoms with Crippen LogP contribution >= 0.6 is 27.7 Å². The Morgan fingerprint density at radius 2 is 2.50 bits per heavy atom. The van der Waals surface area contributed by atoms with Crippen molar-refractivity contribution in [3.05, 3.63) is 26.5 Å². The molecule has 1 unspecified atom stereocenters. The fourth-order valence-corrected chi connectivity index (χ4v) is 2.31. The first-order valence-electron chi connectivity index (χ1n) is 5.33. The molecule has 0 saturated carbocycles. The molecule has 0 bridgehead atoms. The largest absolute Gasteiger partial charge is 0.359 e. The van der Waals surface area contributed by atoms with Crippen LogP contribution in [0.15, 0.2) is 15.2 Å². The molecule has 0 saturated heterocycles. The molecule has 0 radical (unpaired) electrons. The van der Waals surface area contributed by atoms with Crippen LogP contribution in [0.3, 0.4) is 0 Å². The molecule has 18 heavy (non-hydrogen) atoms. The summed E-state index contributed by atoms with van der Waals surface area (Å²) >= 11 is 4.88. The van der Waals surface area contributed by atoms with Crippen molar-refractivity contribution >= 4 is 27.7 Å². The van der Waals surface area contributed by atoms with Crippen molar-refractivity contribution < 1.29 is 9.45 Å². The van der Waals surface area contributed by atoms with Gasteiger partial charge in [0.05, 0.1) is 5.75 Å². The molecular formula is C9H15BrN4O3S. The fourth-order valence-electron chi connectivity index (χ4n) is 1.24. The zero-order valence-corrected chi connectivity index (χ0v) is 12.3. The molecule has 102 valence electrons. The van der Waals surface area contributed by atoms with Crippen LogP contribution in [0.5, 0.6) is 0 Å². The van der Waals surface area contributed by atoms with Gasteiger partial charge >= 0.3 is 0 Å². The summed E-state index contributed by atoms with van der Waals surface area (Å²) in [4.78, 5) is 10.0. The van der Waals surface area contributed by atoms with Crippen molar-refractivity contribution in [2.24, 2.45) is 0 Å². The maximum atomic E-state index is 10.3. The van der Waals surface area contributed by atoms with Crippen LogP contribution < -0.4 is 10.6 Å². The number of thioether (sulfide) groups is 1. The number of halogens is 1. The van der Waals surface area contributed by atoms with E-state index >= 15 is 0 Å². The smallest absolute Gasteiger partial charge is 0.231 e. The highest BCUT2D eigenvalue weighted by Gasteiger charge is 2.11. The van der Waals surface area contributed by atoms with E-state index in [9.17, 15) is 10.1 Å². The van der Waals surface area contributed by atoms with E-state index in [1.807, 2.05) is 6.07 Å². The topological polar surface area (TPSA) is 93.2 Å². The Hall–Kier alpha value is -0.640. The molecule has 1 aromatic heterocycles. The van der Waals surface area contributed by atoms with Gasteiger partial charge in [0.2, 0.25) is 6.54 Å². The Kier molecular flexibility index (Phi) is 7.25. The third-order valence-electron chi connectivity index (χ3n) is 2.09. The number of hydrogen-bond donors (Lipinski definition) is 2. The van der Waals surface area contributed by atoms with Gasteiger partial charge in [-0.25, -0.2) is 0 Å². The molecule has 0 aromatic carbocycles. The highest BCUT2D eigenvalue weighted by Crippen LogP contribution is 2.15. The molecule has 0 fully saturated rings. The number of nitrogens with zero attached hydrogens (tertiary/aromatic N) is 2. The average Bonchev–Trinajstić information content (AvgIpc) is 2.72. The van der Waals surface area contributed by atoms with Crippen LogP contribution in [-0.4, -0.2) is 42.1 Å². The van der Waals surface area contributed by atoms with Crippen LogP contribution in [-0.2, 0) is 5.75 Å². The van der Waals surface area contributed by atoms with E-state index in [-0.39, 0.29) is 17.6 Å². The zero-order chi connectivity index (χ0) is 13.4. The van der Waals surface area contributed by atoms with Crippen molar-refractivity contribution in [1.82, 2.24) is 15.8 Å². The first-order chi connectivity index (χ1) is 8.61. The van der Waals surface area contributed by atoms with Crippen LogP contribution in [0.2, 0.25) is 0 Å². The van der Waals surface area contributed by atoms with Crippen molar-refractivity contribution in [1.29, 1.82) is 0 Å². The minimum Gasteiger partial charge on any atom is -0.359 e. The van der Waals surface area contributed by atoms with Crippen LogP contribution in [0.1, 0.15) is 5.76 Å². The Morgan fingerprint density at radius 1 is 1.72 bits per heavy atom. The summed E-state index contributed by atoms with van der Waals surface area (Å²) in [5.74, 6) is 2.39. The van der Waals surface area contributed by atoms with Crippen molar-refractivity contribution in [2.45, 2.75) is 11.9 Å². The summed E-state index contributed by atoms with van der Waals surface area (Å²) in [5.41, 5.74) is 0. The number of aromatic nitrogens is 1. The first-order valence-corrected chi connectivity index (χ1v) is 7.28. The van der Waals surface area contributed by atoms with Gasteiger partial charge in [0.25, 0.3) is 0 Å². The van der Waals surface area contributed by atoms with E-state index in [2.05, 4.69) is 31.7 Å². The zero-order valence-electron chi connectivity index (χ0n) is 9.89. The van der Waals surface area contributed by atoms with Gasteiger partial charge < -0.3 is 4.52 Å². The average molecular weight is 339 g/mol. The molecule has 0 amide bonds. The molecule has 9 heteroatoms. The van der Waals surface area contributed by atoms with Gasteiger partial charge in [-0.3, -0.25) is 20.7 Å². The van der Waals surface area contributed by atoms with E-state index in [0.29, 0.717) is 11.1 Å². The highest BCUT2D eigenvalue weighted by molar-refractivity contribution is 9.10. The Labute approximate surface area is 117 Å². The van der Waals surface area contributed by atoms with Crippen LogP contribution in [0.4, 0.5) is 0 Å². The Bertz CT molecular complexity index is 376. The molecule has 0 aliphatic carbocycles. The molecule has 0 aliphatic rings. The van der Waals surface area contributed by atoms with E-state index in [4.69, 9.17) is 4.52 Å². The molecule has 1 rings (SSSR count). The lowest BCUT2D eigenvalue weighted by Gasteiger charge is -2.13. The van der Waals surface area contributed by atoms with E-state index in [1.54, 1.807) is 18.8 Å². The van der Waals surface area contributed by atoms with E-state index < -0.39 is 0 Å². The lowest BCUT2D eigenvalue weighted by atomic mass is 10.5. The minimum absolute atomic E-state index is 0.129. The summed E-state index contributed by atoms with van der Waals surface area (Å²) < 4.78 is 5.72. The van der Waals surface area contributed by atoms with E-state index in [0.717, 1.165) is 17.3 Å². The van der Waals surface area contributed by atoms with Crippen molar-refractivity contribution in [3.8, 4) is 0 Å². The van der Waals surface area contributed by atoms with Crippen molar-refractivity contribution in [2.75, 3.05) is 25.9 Å². The monoisotopic (exact) mass is 338 g/mol. The first kappa shape index (κ1) is 15.4. The third-order valence-corrected chi connectivity index (χ3v) is 3.45. The van der Waals surface area contributed by atoms with Gasteiger partial charge in [0.1, 0.15) is 16.5 Å². The summed E-state index contributed by atoms with van der Waals surface area (Å²) in [6.45, 7) is 0.565. The second-order valence-electron chi connectivity index (χ2n) is 3.48.